The fourth-order valence-electron chi connectivity index (χ4n) is 4.23. The molecular formula is C30H58O4. The maximum absolute atomic E-state index is 11.7. The lowest BCUT2D eigenvalue weighted by Crippen LogP contribution is -2.21. The highest BCUT2D eigenvalue weighted by Gasteiger charge is 2.16. The van der Waals surface area contributed by atoms with Gasteiger partial charge in [0.05, 0.1) is 13.2 Å². The van der Waals surface area contributed by atoms with Gasteiger partial charge >= 0.3 is 11.9 Å². The molecule has 0 saturated carbocycles. The Morgan fingerprint density at radius 3 is 0.912 bits per heavy atom. The molecule has 0 fully saturated rings. The number of hydrogen-bond donors (Lipinski definition) is 0. The molecule has 0 heterocycles. The Bertz CT molecular complexity index is 417. The monoisotopic (exact) mass is 482 g/mol. The minimum atomic E-state index is -0.834. The molecule has 0 spiro atoms. The van der Waals surface area contributed by atoms with Gasteiger partial charge in [-0.2, -0.15) is 0 Å². The van der Waals surface area contributed by atoms with Crippen LogP contribution < -0.4 is 0 Å². The second kappa shape index (κ2) is 25.0. The van der Waals surface area contributed by atoms with Crippen molar-refractivity contribution >= 4 is 11.9 Å². The van der Waals surface area contributed by atoms with E-state index in [4.69, 9.17) is 9.47 Å². The van der Waals surface area contributed by atoms with Gasteiger partial charge < -0.3 is 9.47 Å². The Balaban J connectivity index is 3.32. The van der Waals surface area contributed by atoms with Crippen LogP contribution in [0.5, 0.6) is 0 Å². The molecule has 0 rings (SSSR count). The van der Waals surface area contributed by atoms with Crippen LogP contribution in [-0.2, 0) is 19.1 Å². The van der Waals surface area contributed by atoms with Crippen LogP contribution in [0, 0.1) is 11.8 Å². The van der Waals surface area contributed by atoms with Crippen molar-refractivity contribution < 1.29 is 19.1 Å². The van der Waals surface area contributed by atoms with E-state index in [2.05, 4.69) is 27.7 Å². The van der Waals surface area contributed by atoms with Crippen molar-refractivity contribution in [3.63, 3.8) is 0 Å². The average molecular weight is 483 g/mol. The molecule has 0 aromatic carbocycles. The fourth-order valence-corrected chi connectivity index (χ4v) is 4.23. The highest BCUT2D eigenvalue weighted by Crippen LogP contribution is 2.14. The van der Waals surface area contributed by atoms with Gasteiger partial charge in [-0.1, -0.05) is 143 Å². The Kier molecular flexibility index (Phi) is 24.3. The number of ether oxygens (including phenoxy) is 2. The molecule has 202 valence electrons. The van der Waals surface area contributed by atoms with Crippen molar-refractivity contribution in [2.45, 2.75) is 156 Å². The first kappa shape index (κ1) is 32.9. The first-order chi connectivity index (χ1) is 16.4. The van der Waals surface area contributed by atoms with Crippen molar-refractivity contribution in [3.05, 3.63) is 0 Å². The largest absolute Gasteiger partial charge is 0.457 e. The number of rotatable bonds is 24. The molecule has 0 N–H and O–H groups in total. The van der Waals surface area contributed by atoms with E-state index in [1.807, 2.05) is 0 Å². The third kappa shape index (κ3) is 25.6. The Labute approximate surface area is 212 Å². The maximum atomic E-state index is 11.7. The Morgan fingerprint density at radius 1 is 0.412 bits per heavy atom. The van der Waals surface area contributed by atoms with E-state index in [0.29, 0.717) is 13.2 Å². The van der Waals surface area contributed by atoms with Crippen LogP contribution in [0.15, 0.2) is 0 Å². The van der Waals surface area contributed by atoms with Gasteiger partial charge in [-0.15, -0.1) is 0 Å². The molecule has 0 amide bonds. The molecule has 0 radical (unpaired) electrons. The molecule has 0 aromatic heterocycles. The fraction of sp³-hybridized carbons (Fsp3) is 0.933. The summed E-state index contributed by atoms with van der Waals surface area (Å²) in [6.07, 6.45) is 24.7. The maximum Gasteiger partial charge on any atom is 0.417 e. The van der Waals surface area contributed by atoms with Gasteiger partial charge in [0.25, 0.3) is 0 Å². The minimum Gasteiger partial charge on any atom is -0.457 e. The number of carbonyl (C=O) groups is 2. The molecule has 34 heavy (non-hydrogen) atoms. The molecule has 0 aromatic rings. The highest BCUT2D eigenvalue weighted by atomic mass is 16.6. The van der Waals surface area contributed by atoms with Crippen molar-refractivity contribution in [2.24, 2.45) is 11.8 Å². The topological polar surface area (TPSA) is 52.6 Å². The molecule has 0 aliphatic carbocycles. The molecule has 4 heteroatoms. The predicted molar refractivity (Wildman–Crippen MR) is 144 cm³/mol. The summed E-state index contributed by atoms with van der Waals surface area (Å²) in [4.78, 5) is 23.4. The summed E-state index contributed by atoms with van der Waals surface area (Å²) in [5, 5.41) is 0. The number of esters is 2. The van der Waals surface area contributed by atoms with E-state index in [1.165, 1.54) is 103 Å². The number of hydrogen-bond acceptors (Lipinski definition) is 4. The zero-order valence-electron chi connectivity index (χ0n) is 23.3. The number of carbonyl (C=O) groups excluding carboxylic acids is 2. The van der Waals surface area contributed by atoms with E-state index >= 15 is 0 Å². The second-order valence-electron chi connectivity index (χ2n) is 11.0. The van der Waals surface area contributed by atoms with Crippen LogP contribution in [0.25, 0.3) is 0 Å². The van der Waals surface area contributed by atoms with Gasteiger partial charge in [0.2, 0.25) is 0 Å². The van der Waals surface area contributed by atoms with Crippen LogP contribution in [-0.4, -0.2) is 25.2 Å². The minimum absolute atomic E-state index is 0.320. The predicted octanol–water partition coefficient (Wildman–Crippen LogP) is 9.19. The lowest BCUT2D eigenvalue weighted by Gasteiger charge is -2.06. The summed E-state index contributed by atoms with van der Waals surface area (Å²) >= 11 is 0. The third-order valence-electron chi connectivity index (χ3n) is 6.48. The second-order valence-corrected chi connectivity index (χ2v) is 11.0. The quantitative estimate of drug-likeness (QED) is 0.0781. The first-order valence-corrected chi connectivity index (χ1v) is 14.8. The van der Waals surface area contributed by atoms with Gasteiger partial charge in [0, 0.05) is 0 Å². The van der Waals surface area contributed by atoms with Gasteiger partial charge in [-0.25, -0.2) is 9.59 Å². The van der Waals surface area contributed by atoms with Gasteiger partial charge in [-0.05, 0) is 24.7 Å². The van der Waals surface area contributed by atoms with E-state index in [1.54, 1.807) is 0 Å². The molecule has 0 atom stereocenters. The zero-order valence-corrected chi connectivity index (χ0v) is 23.3. The zero-order chi connectivity index (χ0) is 25.3. The van der Waals surface area contributed by atoms with E-state index < -0.39 is 11.9 Å². The highest BCUT2D eigenvalue weighted by molar-refractivity contribution is 6.29. The molecule has 0 unspecified atom stereocenters. The van der Waals surface area contributed by atoms with Crippen molar-refractivity contribution in [2.75, 3.05) is 13.2 Å². The lowest BCUT2D eigenvalue weighted by molar-refractivity contribution is -0.167. The summed E-state index contributed by atoms with van der Waals surface area (Å²) in [7, 11) is 0. The molecule has 4 nitrogen and oxygen atoms in total. The van der Waals surface area contributed by atoms with E-state index in [9.17, 15) is 9.59 Å². The van der Waals surface area contributed by atoms with E-state index in [0.717, 1.165) is 37.5 Å². The van der Waals surface area contributed by atoms with Crippen LogP contribution in [0.3, 0.4) is 0 Å². The van der Waals surface area contributed by atoms with Crippen LogP contribution in [0.2, 0.25) is 0 Å². The van der Waals surface area contributed by atoms with Gasteiger partial charge in [-0.3, -0.25) is 0 Å². The van der Waals surface area contributed by atoms with Crippen molar-refractivity contribution in [1.82, 2.24) is 0 Å². The standard InChI is InChI=1S/C30H58O4/c1-27(2)23-19-15-11-7-5-9-13-17-21-25-33-29(31)30(32)34-26-22-18-14-10-6-8-12-16-20-24-28(3)4/h27-28H,5-26H2,1-4H3. The van der Waals surface area contributed by atoms with Crippen molar-refractivity contribution in [1.29, 1.82) is 0 Å². The van der Waals surface area contributed by atoms with Gasteiger partial charge in [0.15, 0.2) is 0 Å². The summed E-state index contributed by atoms with van der Waals surface area (Å²) in [6.45, 7) is 9.81. The first-order valence-electron chi connectivity index (χ1n) is 14.8. The van der Waals surface area contributed by atoms with Crippen LogP contribution in [0.4, 0.5) is 0 Å². The third-order valence-corrected chi connectivity index (χ3v) is 6.48. The molecular weight excluding hydrogens is 424 g/mol. The smallest absolute Gasteiger partial charge is 0.417 e. The molecule has 0 bridgehead atoms. The summed E-state index contributed by atoms with van der Waals surface area (Å²) in [6, 6.07) is 0. The summed E-state index contributed by atoms with van der Waals surface area (Å²) in [5.41, 5.74) is 0. The Hall–Kier alpha value is -1.06. The van der Waals surface area contributed by atoms with Crippen LogP contribution >= 0.6 is 0 Å². The molecule has 0 aliphatic rings. The van der Waals surface area contributed by atoms with E-state index in [-0.39, 0.29) is 0 Å². The van der Waals surface area contributed by atoms with Crippen molar-refractivity contribution in [3.8, 4) is 0 Å². The summed E-state index contributed by atoms with van der Waals surface area (Å²) in [5.74, 6) is -0.0119. The number of unbranched alkanes of at least 4 members (excludes halogenated alkanes) is 16. The van der Waals surface area contributed by atoms with Gasteiger partial charge in [0.1, 0.15) is 0 Å². The normalized spacial score (nSPS) is 11.4. The average Bonchev–Trinajstić information content (AvgIpc) is 2.79. The molecule has 0 saturated heterocycles. The van der Waals surface area contributed by atoms with Crippen LogP contribution in [0.1, 0.15) is 156 Å². The molecule has 0 aliphatic heterocycles. The Morgan fingerprint density at radius 2 is 0.647 bits per heavy atom. The lowest BCUT2D eigenvalue weighted by atomic mass is 10.0. The SMILES string of the molecule is CC(C)CCCCCCCCCCCOC(=O)C(=O)OCCCCCCCCCCCC(C)C. The summed E-state index contributed by atoms with van der Waals surface area (Å²) < 4.78 is 10.1.